The van der Waals surface area contributed by atoms with Gasteiger partial charge in [0.25, 0.3) is 11.5 Å². The van der Waals surface area contributed by atoms with Crippen molar-refractivity contribution in [1.82, 2.24) is 14.3 Å². The fourth-order valence-electron chi connectivity index (χ4n) is 4.28. The van der Waals surface area contributed by atoms with Crippen LogP contribution < -0.4 is 15.2 Å². The van der Waals surface area contributed by atoms with Crippen LogP contribution in [0.3, 0.4) is 0 Å². The lowest BCUT2D eigenvalue weighted by atomic mass is 10.1. The molecule has 2 aliphatic rings. The van der Waals surface area contributed by atoms with Gasteiger partial charge < -0.3 is 14.5 Å². The molecule has 7 nitrogen and oxygen atoms in total. The van der Waals surface area contributed by atoms with Gasteiger partial charge in [0.1, 0.15) is 5.75 Å². The molecular weight excluding hydrogens is 400 g/mol. The monoisotopic (exact) mass is 424 g/mol. The van der Waals surface area contributed by atoms with Crippen molar-refractivity contribution in [2.75, 3.05) is 24.5 Å². The van der Waals surface area contributed by atoms with E-state index in [0.29, 0.717) is 29.5 Å². The van der Waals surface area contributed by atoms with Crippen LogP contribution in [0.4, 0.5) is 5.69 Å². The second-order valence-corrected chi connectivity index (χ2v) is 8.76. The van der Waals surface area contributed by atoms with Crippen LogP contribution in [-0.2, 0) is 11.3 Å². The van der Waals surface area contributed by atoms with E-state index in [1.807, 2.05) is 41.5 Å². The van der Waals surface area contributed by atoms with Gasteiger partial charge in [-0.05, 0) is 38.3 Å². The minimum atomic E-state index is -0.549. The molecule has 1 saturated heterocycles. The summed E-state index contributed by atoms with van der Waals surface area (Å²) in [4.78, 5) is 35.1. The molecule has 156 valence electrons. The van der Waals surface area contributed by atoms with Gasteiger partial charge >= 0.3 is 0 Å². The number of ether oxygens (including phenoxy) is 1. The maximum Gasteiger partial charge on any atom is 0.265 e. The fourth-order valence-corrected chi connectivity index (χ4v) is 5.17. The summed E-state index contributed by atoms with van der Waals surface area (Å²) in [6.45, 7) is 4.39. The van der Waals surface area contributed by atoms with Crippen LogP contribution in [0, 0.1) is 6.92 Å². The maximum atomic E-state index is 13.1. The lowest BCUT2D eigenvalue weighted by molar-refractivity contribution is -0.139. The summed E-state index contributed by atoms with van der Waals surface area (Å²) in [5, 5.41) is 1.94. The number of thiazole rings is 1. The number of para-hydroxylation sites is 2. The van der Waals surface area contributed by atoms with Crippen molar-refractivity contribution in [2.45, 2.75) is 38.8 Å². The number of rotatable bonds is 3. The summed E-state index contributed by atoms with van der Waals surface area (Å²) in [6.07, 6.45) is 2.72. The first-order chi connectivity index (χ1) is 14.6. The Balaban J connectivity index is 1.44. The van der Waals surface area contributed by atoms with E-state index in [1.165, 1.54) is 17.8 Å². The molecule has 1 atom stereocenters. The van der Waals surface area contributed by atoms with E-state index < -0.39 is 6.10 Å². The number of hydrogen-bond donors (Lipinski definition) is 0. The number of likely N-dealkylation sites (tertiary alicyclic amines) is 1. The quantitative estimate of drug-likeness (QED) is 0.647. The highest BCUT2D eigenvalue weighted by atomic mass is 32.1. The molecule has 0 unspecified atom stereocenters. The van der Waals surface area contributed by atoms with E-state index in [4.69, 9.17) is 4.74 Å². The number of carbonyl (C=O) groups is 1. The van der Waals surface area contributed by atoms with Crippen molar-refractivity contribution >= 4 is 27.9 Å². The van der Waals surface area contributed by atoms with Crippen LogP contribution in [0.2, 0.25) is 0 Å². The first kappa shape index (κ1) is 19.1. The Morgan fingerprint density at radius 2 is 2.03 bits per heavy atom. The van der Waals surface area contributed by atoms with Crippen molar-refractivity contribution in [2.24, 2.45) is 0 Å². The molecular formula is C22H24N4O3S. The normalized spacial score (nSPS) is 18.9. The van der Waals surface area contributed by atoms with Gasteiger partial charge in [0.05, 0.1) is 24.5 Å². The highest BCUT2D eigenvalue weighted by Crippen LogP contribution is 2.34. The number of hydrogen-bond acceptors (Lipinski definition) is 6. The largest absolute Gasteiger partial charge is 0.477 e. The zero-order valence-corrected chi connectivity index (χ0v) is 17.7. The summed E-state index contributed by atoms with van der Waals surface area (Å²) < 4.78 is 7.72. The summed E-state index contributed by atoms with van der Waals surface area (Å²) in [5.74, 6) is 0.746. The van der Waals surface area contributed by atoms with Crippen molar-refractivity contribution in [3.63, 3.8) is 0 Å². The molecule has 0 radical (unpaired) electrons. The van der Waals surface area contributed by atoms with Gasteiger partial charge in [0.2, 0.25) is 0 Å². The lowest BCUT2D eigenvalue weighted by Gasteiger charge is -2.38. The lowest BCUT2D eigenvalue weighted by Crippen LogP contribution is -2.51. The first-order valence-corrected chi connectivity index (χ1v) is 11.2. The topological polar surface area (TPSA) is 67.2 Å². The Kier molecular flexibility index (Phi) is 4.94. The number of amides is 1. The Labute approximate surface area is 178 Å². The summed E-state index contributed by atoms with van der Waals surface area (Å²) in [6, 6.07) is 9.34. The van der Waals surface area contributed by atoms with Crippen LogP contribution in [0.15, 0.2) is 40.5 Å². The van der Waals surface area contributed by atoms with Crippen molar-refractivity contribution in [3.05, 3.63) is 57.5 Å². The van der Waals surface area contributed by atoms with Crippen molar-refractivity contribution in [3.8, 4) is 5.75 Å². The number of piperidine rings is 1. The third kappa shape index (κ3) is 3.45. The van der Waals surface area contributed by atoms with Gasteiger partial charge in [-0.3, -0.25) is 14.0 Å². The molecule has 5 rings (SSSR count). The third-order valence-corrected chi connectivity index (χ3v) is 6.73. The second kappa shape index (κ2) is 7.75. The highest BCUT2D eigenvalue weighted by molar-refractivity contribution is 7.15. The average Bonchev–Trinajstić information content (AvgIpc) is 3.15. The summed E-state index contributed by atoms with van der Waals surface area (Å²) in [5.41, 5.74) is 2.44. The number of aryl methyl sites for hydroxylation is 1. The smallest absolute Gasteiger partial charge is 0.265 e. The highest BCUT2D eigenvalue weighted by Gasteiger charge is 2.34. The van der Waals surface area contributed by atoms with E-state index in [-0.39, 0.29) is 11.5 Å². The van der Waals surface area contributed by atoms with Crippen LogP contribution in [0.5, 0.6) is 5.75 Å². The Bertz CT molecular complexity index is 1150. The molecule has 8 heteroatoms. The number of benzene rings is 1. The molecule has 0 spiro atoms. The van der Waals surface area contributed by atoms with Crippen LogP contribution in [0.25, 0.3) is 4.96 Å². The first-order valence-electron chi connectivity index (χ1n) is 10.4. The molecule has 1 fully saturated rings. The number of carbonyl (C=O) groups excluding carboxylic acids is 1. The molecule has 1 aromatic carbocycles. The van der Waals surface area contributed by atoms with Gasteiger partial charge in [-0.25, -0.2) is 4.98 Å². The van der Waals surface area contributed by atoms with Crippen LogP contribution in [0.1, 0.15) is 30.7 Å². The SMILES string of the molecule is Cc1csc2nc(CN3C[C@@H](C(=O)N4CCCCC4)Oc4ccccc43)cc(=O)n12. The molecule has 4 heterocycles. The summed E-state index contributed by atoms with van der Waals surface area (Å²) >= 11 is 1.46. The molecule has 2 aromatic heterocycles. The predicted octanol–water partition coefficient (Wildman–Crippen LogP) is 2.84. The zero-order chi connectivity index (χ0) is 20.7. The molecule has 3 aromatic rings. The van der Waals surface area contributed by atoms with E-state index >= 15 is 0 Å². The third-order valence-electron chi connectivity index (χ3n) is 5.79. The predicted molar refractivity (Wildman–Crippen MR) is 116 cm³/mol. The summed E-state index contributed by atoms with van der Waals surface area (Å²) in [7, 11) is 0. The van der Waals surface area contributed by atoms with Crippen LogP contribution >= 0.6 is 11.3 Å². The number of fused-ring (bicyclic) bond motifs is 2. The minimum Gasteiger partial charge on any atom is -0.477 e. The molecule has 1 amide bonds. The fraction of sp³-hybridized carbons (Fsp3) is 0.409. The van der Waals surface area contributed by atoms with Gasteiger partial charge in [-0.1, -0.05) is 12.1 Å². The molecule has 30 heavy (non-hydrogen) atoms. The molecule has 2 aliphatic heterocycles. The van der Waals surface area contributed by atoms with Gasteiger partial charge in [-0.15, -0.1) is 11.3 Å². The van der Waals surface area contributed by atoms with E-state index in [0.717, 1.165) is 37.3 Å². The van der Waals surface area contributed by atoms with Crippen molar-refractivity contribution < 1.29 is 9.53 Å². The molecule has 0 bridgehead atoms. The molecule has 0 saturated carbocycles. The maximum absolute atomic E-state index is 13.1. The Morgan fingerprint density at radius 3 is 2.87 bits per heavy atom. The van der Waals surface area contributed by atoms with Gasteiger partial charge in [0, 0.05) is 30.2 Å². The van der Waals surface area contributed by atoms with Gasteiger partial charge in [-0.2, -0.15) is 0 Å². The average molecular weight is 425 g/mol. The number of aromatic nitrogens is 2. The number of anilines is 1. The molecule has 0 aliphatic carbocycles. The van der Waals surface area contributed by atoms with E-state index in [9.17, 15) is 9.59 Å². The Morgan fingerprint density at radius 1 is 1.23 bits per heavy atom. The van der Waals surface area contributed by atoms with Gasteiger partial charge in [0.15, 0.2) is 11.1 Å². The zero-order valence-electron chi connectivity index (χ0n) is 16.9. The number of nitrogens with zero attached hydrogens (tertiary/aromatic N) is 4. The Hall–Kier alpha value is -2.87. The van der Waals surface area contributed by atoms with E-state index in [1.54, 1.807) is 10.5 Å². The van der Waals surface area contributed by atoms with Crippen molar-refractivity contribution in [1.29, 1.82) is 0 Å². The van der Waals surface area contributed by atoms with Crippen LogP contribution in [-0.4, -0.2) is 45.9 Å². The minimum absolute atomic E-state index is 0.0477. The van der Waals surface area contributed by atoms with E-state index in [2.05, 4.69) is 9.88 Å². The second-order valence-electron chi connectivity index (χ2n) is 7.92. The standard InChI is InChI=1S/C22H24N4O3S/c1-15-14-30-22-23-16(11-20(27)26(15)22)12-25-13-19(21(28)24-9-5-2-6-10-24)29-18-8-4-3-7-17(18)25/h3-4,7-8,11,14,19H,2,5-6,9-10,12-13H2,1H3/t19-/m0/s1. The molecule has 0 N–H and O–H groups in total.